The number of benzene rings is 1. The molecule has 0 aliphatic carbocycles. The number of ether oxygens (including phenoxy) is 1. The highest BCUT2D eigenvalue weighted by Gasteiger charge is 2.27. The molecular weight excluding hydrogens is 310 g/mol. The van der Waals surface area contributed by atoms with Crippen LogP contribution in [0.25, 0.3) is 0 Å². The highest BCUT2D eigenvalue weighted by atomic mass is 32.2. The molecule has 1 amide bonds. The number of esters is 1. The van der Waals surface area contributed by atoms with Crippen molar-refractivity contribution in [1.82, 2.24) is 10.0 Å². The third kappa shape index (κ3) is 5.43. The summed E-state index contributed by atoms with van der Waals surface area (Å²) >= 11 is 0. The van der Waals surface area contributed by atoms with Gasteiger partial charge in [-0.3, -0.25) is 9.59 Å². The van der Waals surface area contributed by atoms with Crippen LogP contribution in [0.2, 0.25) is 0 Å². The van der Waals surface area contributed by atoms with E-state index in [-0.39, 0.29) is 24.6 Å². The second kappa shape index (κ2) is 8.47. The van der Waals surface area contributed by atoms with Crippen molar-refractivity contribution in [1.29, 1.82) is 0 Å². The molecule has 0 bridgehead atoms. The lowest BCUT2D eigenvalue weighted by Crippen LogP contribution is -2.49. The molecule has 0 heterocycles. The number of nitrogens with one attached hydrogen (secondary N) is 2. The lowest BCUT2D eigenvalue weighted by Gasteiger charge is -2.17. The SMILES string of the molecule is CCOC(=O)C(CNC(=O)CN)NS(=O)(=O)c1ccccc1. The van der Waals surface area contributed by atoms with Crippen molar-refractivity contribution >= 4 is 21.9 Å². The van der Waals surface area contributed by atoms with E-state index in [1.165, 1.54) is 12.1 Å². The fourth-order valence-electron chi connectivity index (χ4n) is 1.56. The maximum atomic E-state index is 12.2. The van der Waals surface area contributed by atoms with Crippen molar-refractivity contribution < 1.29 is 22.7 Å². The number of carbonyl (C=O) groups is 2. The maximum absolute atomic E-state index is 12.2. The van der Waals surface area contributed by atoms with Gasteiger partial charge in [-0.2, -0.15) is 4.72 Å². The molecule has 0 saturated heterocycles. The van der Waals surface area contributed by atoms with Crippen molar-refractivity contribution in [2.45, 2.75) is 17.9 Å². The van der Waals surface area contributed by atoms with E-state index in [1.807, 2.05) is 0 Å². The first-order valence-electron chi connectivity index (χ1n) is 6.61. The van der Waals surface area contributed by atoms with Gasteiger partial charge in [0.25, 0.3) is 0 Å². The monoisotopic (exact) mass is 329 g/mol. The Bertz CT molecular complexity index is 603. The third-order valence-electron chi connectivity index (χ3n) is 2.61. The zero-order chi connectivity index (χ0) is 16.6. The Kier molecular flexibility index (Phi) is 6.96. The van der Waals surface area contributed by atoms with Gasteiger partial charge >= 0.3 is 5.97 Å². The number of rotatable bonds is 8. The van der Waals surface area contributed by atoms with Gasteiger partial charge in [0.2, 0.25) is 15.9 Å². The number of hydrogen-bond acceptors (Lipinski definition) is 6. The predicted octanol–water partition coefficient (Wildman–Crippen LogP) is -1.03. The van der Waals surface area contributed by atoms with Crippen molar-refractivity contribution in [3.63, 3.8) is 0 Å². The summed E-state index contributed by atoms with van der Waals surface area (Å²) in [7, 11) is -3.91. The quantitative estimate of drug-likeness (QED) is 0.523. The van der Waals surface area contributed by atoms with Gasteiger partial charge in [0.05, 0.1) is 18.0 Å². The summed E-state index contributed by atoms with van der Waals surface area (Å²) in [5.41, 5.74) is 5.14. The van der Waals surface area contributed by atoms with E-state index in [4.69, 9.17) is 10.5 Å². The first-order chi connectivity index (χ1) is 10.4. The summed E-state index contributed by atoms with van der Waals surface area (Å²) < 4.78 is 31.4. The Balaban J connectivity index is 2.87. The molecule has 4 N–H and O–H groups in total. The Morgan fingerprint density at radius 2 is 1.91 bits per heavy atom. The van der Waals surface area contributed by atoms with Gasteiger partial charge in [-0.25, -0.2) is 8.42 Å². The summed E-state index contributed by atoms with van der Waals surface area (Å²) in [4.78, 5) is 23.0. The molecular formula is C13H19N3O5S. The molecule has 122 valence electrons. The van der Waals surface area contributed by atoms with Crippen LogP contribution >= 0.6 is 0 Å². The standard InChI is InChI=1S/C13H19N3O5S/c1-2-21-13(18)11(9-15-12(17)8-14)16-22(19,20)10-6-4-3-5-7-10/h3-7,11,16H,2,8-9,14H2,1H3,(H,15,17). The molecule has 0 radical (unpaired) electrons. The average Bonchev–Trinajstić information content (AvgIpc) is 2.52. The first kappa shape index (κ1) is 18.1. The molecule has 1 aromatic carbocycles. The molecule has 22 heavy (non-hydrogen) atoms. The van der Waals surface area contributed by atoms with E-state index in [2.05, 4.69) is 10.0 Å². The molecule has 9 heteroatoms. The topological polar surface area (TPSA) is 128 Å². The van der Waals surface area contributed by atoms with Crippen molar-refractivity contribution in [2.24, 2.45) is 5.73 Å². The van der Waals surface area contributed by atoms with Crippen molar-refractivity contribution in [3.8, 4) is 0 Å². The van der Waals surface area contributed by atoms with Crippen LogP contribution in [0.4, 0.5) is 0 Å². The van der Waals surface area contributed by atoms with Gasteiger partial charge in [0.1, 0.15) is 6.04 Å². The maximum Gasteiger partial charge on any atom is 0.326 e. The number of hydrogen-bond donors (Lipinski definition) is 3. The zero-order valence-electron chi connectivity index (χ0n) is 12.1. The fraction of sp³-hybridized carbons (Fsp3) is 0.385. The zero-order valence-corrected chi connectivity index (χ0v) is 12.9. The Morgan fingerprint density at radius 1 is 1.27 bits per heavy atom. The summed E-state index contributed by atoms with van der Waals surface area (Å²) in [5.74, 6) is -1.28. The Morgan fingerprint density at radius 3 is 2.45 bits per heavy atom. The first-order valence-corrected chi connectivity index (χ1v) is 8.09. The molecule has 1 rings (SSSR count). The molecule has 0 aliphatic rings. The van der Waals surface area contributed by atoms with Crippen LogP contribution in [0.3, 0.4) is 0 Å². The van der Waals surface area contributed by atoms with E-state index in [9.17, 15) is 18.0 Å². The second-order valence-corrected chi connectivity index (χ2v) is 5.96. The minimum absolute atomic E-state index is 0.00875. The van der Waals surface area contributed by atoms with Gasteiger partial charge < -0.3 is 15.8 Å². The van der Waals surface area contributed by atoms with Crippen LogP contribution in [0, 0.1) is 0 Å². The summed E-state index contributed by atoms with van der Waals surface area (Å²) in [6, 6.07) is 6.34. The molecule has 0 spiro atoms. The second-order valence-electron chi connectivity index (χ2n) is 4.25. The summed E-state index contributed by atoms with van der Waals surface area (Å²) in [6.07, 6.45) is 0. The van der Waals surface area contributed by atoms with Crippen LogP contribution in [-0.4, -0.2) is 46.0 Å². The van der Waals surface area contributed by atoms with E-state index < -0.39 is 27.9 Å². The van der Waals surface area contributed by atoms with Gasteiger partial charge in [-0.1, -0.05) is 18.2 Å². The van der Waals surface area contributed by atoms with Crippen molar-refractivity contribution in [2.75, 3.05) is 19.7 Å². The van der Waals surface area contributed by atoms with Crippen LogP contribution in [-0.2, 0) is 24.3 Å². The molecule has 0 aromatic heterocycles. The number of amides is 1. The smallest absolute Gasteiger partial charge is 0.326 e. The lowest BCUT2D eigenvalue weighted by atomic mass is 10.3. The molecule has 0 aliphatic heterocycles. The third-order valence-corrected chi connectivity index (χ3v) is 4.10. The van der Waals surface area contributed by atoms with E-state index >= 15 is 0 Å². The Hall–Kier alpha value is -1.97. The molecule has 0 fully saturated rings. The van der Waals surface area contributed by atoms with E-state index in [1.54, 1.807) is 25.1 Å². The van der Waals surface area contributed by atoms with Gasteiger partial charge in [-0.05, 0) is 19.1 Å². The lowest BCUT2D eigenvalue weighted by molar-refractivity contribution is -0.145. The van der Waals surface area contributed by atoms with Crippen LogP contribution < -0.4 is 15.8 Å². The summed E-state index contributed by atoms with van der Waals surface area (Å²) in [5, 5.41) is 2.35. The fourth-order valence-corrected chi connectivity index (χ4v) is 2.76. The normalized spacial score (nSPS) is 12.5. The Labute approximate surface area is 129 Å². The number of nitrogens with two attached hydrogens (primary N) is 1. The number of carbonyl (C=O) groups excluding carboxylic acids is 2. The minimum Gasteiger partial charge on any atom is -0.465 e. The van der Waals surface area contributed by atoms with Crippen LogP contribution in [0.1, 0.15) is 6.92 Å². The van der Waals surface area contributed by atoms with Gasteiger partial charge in [-0.15, -0.1) is 0 Å². The summed E-state index contributed by atoms with van der Waals surface area (Å²) in [6.45, 7) is 1.17. The van der Waals surface area contributed by atoms with E-state index in [0.29, 0.717) is 0 Å². The van der Waals surface area contributed by atoms with E-state index in [0.717, 1.165) is 0 Å². The molecule has 1 aromatic rings. The van der Waals surface area contributed by atoms with Gasteiger partial charge in [0.15, 0.2) is 0 Å². The predicted molar refractivity (Wildman–Crippen MR) is 79.2 cm³/mol. The highest BCUT2D eigenvalue weighted by Crippen LogP contribution is 2.08. The average molecular weight is 329 g/mol. The van der Waals surface area contributed by atoms with Crippen LogP contribution in [0.5, 0.6) is 0 Å². The van der Waals surface area contributed by atoms with Crippen molar-refractivity contribution in [3.05, 3.63) is 30.3 Å². The van der Waals surface area contributed by atoms with Crippen LogP contribution in [0.15, 0.2) is 35.2 Å². The highest BCUT2D eigenvalue weighted by molar-refractivity contribution is 7.89. The molecule has 1 atom stereocenters. The molecule has 0 saturated carbocycles. The number of sulfonamides is 1. The molecule has 1 unspecified atom stereocenters. The molecule has 8 nitrogen and oxygen atoms in total. The van der Waals surface area contributed by atoms with Gasteiger partial charge in [0, 0.05) is 6.54 Å². The minimum atomic E-state index is -3.91. The largest absolute Gasteiger partial charge is 0.465 e.